The van der Waals surface area contributed by atoms with E-state index in [9.17, 15) is 14.4 Å². The Labute approximate surface area is 128 Å². The predicted octanol–water partition coefficient (Wildman–Crippen LogP) is 0.291. The molecule has 1 unspecified atom stereocenters. The Morgan fingerprint density at radius 1 is 1.32 bits per heavy atom. The zero-order valence-corrected chi connectivity index (χ0v) is 12.4. The summed E-state index contributed by atoms with van der Waals surface area (Å²) in [5.74, 6) is -0.0293. The number of nitrogens with zero attached hydrogens (tertiary/aromatic N) is 2. The second-order valence-electron chi connectivity index (χ2n) is 6.07. The number of carbonyl (C=O) groups excluding carboxylic acids is 2. The van der Waals surface area contributed by atoms with E-state index in [-0.39, 0.29) is 23.4 Å². The van der Waals surface area contributed by atoms with Gasteiger partial charge in [0.2, 0.25) is 5.91 Å². The number of carbonyl (C=O) groups is 2. The number of amides is 2. The smallest absolute Gasteiger partial charge is 0.269 e. The molecule has 1 aromatic heterocycles. The zero-order chi connectivity index (χ0) is 15.5. The van der Waals surface area contributed by atoms with Crippen molar-refractivity contribution in [3.8, 4) is 0 Å². The van der Waals surface area contributed by atoms with E-state index in [0.717, 1.165) is 19.0 Å². The van der Waals surface area contributed by atoms with Crippen LogP contribution >= 0.6 is 0 Å². The maximum atomic E-state index is 12.1. The molecule has 7 nitrogen and oxygen atoms in total. The normalized spacial score (nSPS) is 22.3. The Balaban J connectivity index is 1.53. The highest BCUT2D eigenvalue weighted by Crippen LogP contribution is 2.29. The topological polar surface area (TPSA) is 95.2 Å². The van der Waals surface area contributed by atoms with E-state index in [0.29, 0.717) is 25.6 Å². The molecule has 1 aliphatic heterocycles. The molecule has 2 heterocycles. The molecule has 2 amide bonds. The van der Waals surface area contributed by atoms with Crippen molar-refractivity contribution in [1.29, 1.82) is 0 Å². The highest BCUT2D eigenvalue weighted by atomic mass is 16.2. The summed E-state index contributed by atoms with van der Waals surface area (Å²) in [6.07, 6.45) is 7.52. The fraction of sp³-hybridized carbons (Fsp3) is 0.600. The van der Waals surface area contributed by atoms with E-state index in [1.165, 1.54) is 19.0 Å². The number of aromatic amines is 1. The van der Waals surface area contributed by atoms with Crippen LogP contribution in [-0.4, -0.2) is 45.8 Å². The number of hydrogen-bond donors (Lipinski definition) is 2. The highest BCUT2D eigenvalue weighted by Gasteiger charge is 2.35. The fourth-order valence-corrected chi connectivity index (χ4v) is 3.34. The Morgan fingerprint density at radius 2 is 2.09 bits per heavy atom. The van der Waals surface area contributed by atoms with Gasteiger partial charge in [0.15, 0.2) is 0 Å². The summed E-state index contributed by atoms with van der Waals surface area (Å²) in [5, 5.41) is 2.77. The first-order chi connectivity index (χ1) is 10.6. The van der Waals surface area contributed by atoms with Gasteiger partial charge >= 0.3 is 0 Å². The van der Waals surface area contributed by atoms with Gasteiger partial charge in [0.25, 0.3) is 11.5 Å². The number of hydrogen-bond acceptors (Lipinski definition) is 4. The summed E-state index contributed by atoms with van der Waals surface area (Å²) < 4.78 is 0. The number of nitrogens with one attached hydrogen (secondary N) is 2. The molecule has 3 rings (SSSR count). The van der Waals surface area contributed by atoms with Crippen molar-refractivity contribution in [1.82, 2.24) is 20.2 Å². The van der Waals surface area contributed by atoms with Gasteiger partial charge < -0.3 is 15.2 Å². The third kappa shape index (κ3) is 3.18. The molecule has 22 heavy (non-hydrogen) atoms. The molecule has 2 N–H and O–H groups in total. The van der Waals surface area contributed by atoms with Crippen molar-refractivity contribution in [2.45, 2.75) is 38.1 Å². The lowest BCUT2D eigenvalue weighted by Crippen LogP contribution is -2.36. The van der Waals surface area contributed by atoms with Gasteiger partial charge in [-0.15, -0.1) is 0 Å². The van der Waals surface area contributed by atoms with Gasteiger partial charge in [0.05, 0.1) is 12.4 Å². The Hall–Kier alpha value is -2.18. The molecule has 0 bridgehead atoms. The second kappa shape index (κ2) is 6.29. The molecule has 1 aromatic rings. The van der Waals surface area contributed by atoms with Crippen molar-refractivity contribution < 1.29 is 9.59 Å². The van der Waals surface area contributed by atoms with Crippen LogP contribution in [0.15, 0.2) is 17.2 Å². The van der Waals surface area contributed by atoms with Crippen LogP contribution in [0.4, 0.5) is 0 Å². The first kappa shape index (κ1) is 14.7. The van der Waals surface area contributed by atoms with Crippen LogP contribution in [-0.2, 0) is 4.79 Å². The minimum absolute atomic E-state index is 0.139. The van der Waals surface area contributed by atoms with Crippen LogP contribution in [0.3, 0.4) is 0 Å². The Kier molecular flexibility index (Phi) is 4.22. The minimum Gasteiger partial charge on any atom is -0.350 e. The quantitative estimate of drug-likeness (QED) is 0.836. The van der Waals surface area contributed by atoms with Crippen LogP contribution in [0.5, 0.6) is 0 Å². The van der Waals surface area contributed by atoms with Crippen LogP contribution in [0.25, 0.3) is 0 Å². The van der Waals surface area contributed by atoms with E-state index >= 15 is 0 Å². The molecule has 0 aromatic carbocycles. The molecular formula is C15H20N4O3. The molecule has 1 atom stereocenters. The van der Waals surface area contributed by atoms with Gasteiger partial charge in [0.1, 0.15) is 5.69 Å². The molecule has 2 fully saturated rings. The molecule has 2 aliphatic rings. The second-order valence-corrected chi connectivity index (χ2v) is 6.07. The Morgan fingerprint density at radius 3 is 2.82 bits per heavy atom. The summed E-state index contributed by atoms with van der Waals surface area (Å²) in [6, 6.07) is 0.392. The highest BCUT2D eigenvalue weighted by molar-refractivity contribution is 5.91. The summed E-state index contributed by atoms with van der Waals surface area (Å²) in [5.41, 5.74) is -0.263. The van der Waals surface area contributed by atoms with Gasteiger partial charge in [-0.25, -0.2) is 0 Å². The van der Waals surface area contributed by atoms with E-state index in [1.54, 1.807) is 0 Å². The first-order valence-corrected chi connectivity index (χ1v) is 7.75. The first-order valence-electron chi connectivity index (χ1n) is 7.75. The summed E-state index contributed by atoms with van der Waals surface area (Å²) in [6.45, 7) is 1.15. The number of aromatic nitrogens is 2. The van der Waals surface area contributed by atoms with Crippen molar-refractivity contribution in [3.05, 3.63) is 28.4 Å². The van der Waals surface area contributed by atoms with Gasteiger partial charge in [-0.3, -0.25) is 19.4 Å². The molecule has 0 radical (unpaired) electrons. The van der Waals surface area contributed by atoms with Crippen molar-refractivity contribution in [2.24, 2.45) is 5.92 Å². The summed E-state index contributed by atoms with van der Waals surface area (Å²) >= 11 is 0. The third-order valence-electron chi connectivity index (χ3n) is 4.45. The number of likely N-dealkylation sites (tertiary alicyclic amines) is 1. The fourth-order valence-electron chi connectivity index (χ4n) is 3.34. The molecule has 0 spiro atoms. The average Bonchev–Trinajstić information content (AvgIpc) is 3.14. The maximum Gasteiger partial charge on any atom is 0.269 e. The molecule has 1 saturated heterocycles. The molecular weight excluding hydrogens is 284 g/mol. The van der Waals surface area contributed by atoms with Crippen LogP contribution in [0.1, 0.15) is 42.6 Å². The van der Waals surface area contributed by atoms with Crippen molar-refractivity contribution >= 4 is 11.8 Å². The zero-order valence-electron chi connectivity index (χ0n) is 12.4. The van der Waals surface area contributed by atoms with E-state index in [1.807, 2.05) is 4.90 Å². The van der Waals surface area contributed by atoms with E-state index < -0.39 is 5.56 Å². The summed E-state index contributed by atoms with van der Waals surface area (Å²) in [4.78, 5) is 43.3. The Bertz CT molecular complexity index is 621. The van der Waals surface area contributed by atoms with Gasteiger partial charge in [-0.1, -0.05) is 12.8 Å². The number of H-pyrrole nitrogens is 1. The van der Waals surface area contributed by atoms with Gasteiger partial charge in [0, 0.05) is 31.5 Å². The maximum absolute atomic E-state index is 12.1. The molecule has 118 valence electrons. The summed E-state index contributed by atoms with van der Waals surface area (Å²) in [7, 11) is 0. The molecule has 7 heteroatoms. The largest absolute Gasteiger partial charge is 0.350 e. The lowest BCUT2D eigenvalue weighted by Gasteiger charge is -2.24. The van der Waals surface area contributed by atoms with Crippen LogP contribution in [0, 0.1) is 5.92 Å². The van der Waals surface area contributed by atoms with E-state index in [2.05, 4.69) is 15.3 Å². The van der Waals surface area contributed by atoms with Crippen LogP contribution < -0.4 is 10.9 Å². The SMILES string of the molecule is O=C(NCC1CC(=O)N(C2CCCC2)C1)c1cncc(=O)[nH]1. The number of rotatable bonds is 4. The molecule has 1 aliphatic carbocycles. The monoisotopic (exact) mass is 304 g/mol. The lowest BCUT2D eigenvalue weighted by molar-refractivity contribution is -0.129. The standard InChI is InChI=1S/C15H20N4O3/c20-13-8-16-7-12(18-13)15(22)17-6-10-5-14(21)19(9-10)11-3-1-2-4-11/h7-8,10-11H,1-6,9H2,(H,17,22)(H,18,20). The minimum atomic E-state index is -0.406. The lowest BCUT2D eigenvalue weighted by atomic mass is 10.1. The van der Waals surface area contributed by atoms with Crippen molar-refractivity contribution in [2.75, 3.05) is 13.1 Å². The van der Waals surface area contributed by atoms with Crippen LogP contribution in [0.2, 0.25) is 0 Å². The predicted molar refractivity (Wildman–Crippen MR) is 79.3 cm³/mol. The van der Waals surface area contributed by atoms with Gasteiger partial charge in [-0.2, -0.15) is 0 Å². The van der Waals surface area contributed by atoms with E-state index in [4.69, 9.17) is 0 Å². The van der Waals surface area contributed by atoms with Gasteiger partial charge in [-0.05, 0) is 12.8 Å². The van der Waals surface area contributed by atoms with Crippen molar-refractivity contribution in [3.63, 3.8) is 0 Å². The third-order valence-corrected chi connectivity index (χ3v) is 4.45. The molecule has 1 saturated carbocycles. The average molecular weight is 304 g/mol.